The zero-order valence-electron chi connectivity index (χ0n) is 6.26. The molecule has 2 nitrogen and oxygen atoms in total. The van der Waals surface area contributed by atoms with Gasteiger partial charge in [0, 0.05) is 12.5 Å². The Morgan fingerprint density at radius 1 is 1.70 bits per heavy atom. The average molecular weight is 139 g/mol. The SMILES string of the molecule is CNC1C=CC(=O)CCC1. The van der Waals surface area contributed by atoms with Crippen LogP contribution < -0.4 is 5.32 Å². The molecule has 1 aliphatic rings. The third-order valence-electron chi connectivity index (χ3n) is 1.82. The lowest BCUT2D eigenvalue weighted by molar-refractivity contribution is -0.114. The fourth-order valence-electron chi connectivity index (χ4n) is 1.14. The monoisotopic (exact) mass is 139 g/mol. The van der Waals surface area contributed by atoms with Gasteiger partial charge in [-0.15, -0.1) is 0 Å². The largest absolute Gasteiger partial charge is 0.314 e. The zero-order chi connectivity index (χ0) is 7.40. The van der Waals surface area contributed by atoms with E-state index < -0.39 is 0 Å². The molecule has 0 saturated carbocycles. The van der Waals surface area contributed by atoms with Crippen LogP contribution in [0, 0.1) is 0 Å². The van der Waals surface area contributed by atoms with E-state index >= 15 is 0 Å². The van der Waals surface area contributed by atoms with Gasteiger partial charge in [-0.1, -0.05) is 6.08 Å². The molecule has 2 heteroatoms. The topological polar surface area (TPSA) is 29.1 Å². The summed E-state index contributed by atoms with van der Waals surface area (Å²) in [5.41, 5.74) is 0. The Morgan fingerprint density at radius 3 is 3.20 bits per heavy atom. The van der Waals surface area contributed by atoms with Crippen molar-refractivity contribution in [1.29, 1.82) is 0 Å². The lowest BCUT2D eigenvalue weighted by atomic mass is 10.1. The van der Waals surface area contributed by atoms with Gasteiger partial charge in [-0.05, 0) is 26.0 Å². The Hall–Kier alpha value is -0.630. The van der Waals surface area contributed by atoms with Gasteiger partial charge in [0.15, 0.2) is 5.78 Å². The number of likely N-dealkylation sites (N-methyl/N-ethyl adjacent to an activating group) is 1. The number of nitrogens with one attached hydrogen (secondary N) is 1. The maximum Gasteiger partial charge on any atom is 0.155 e. The van der Waals surface area contributed by atoms with E-state index in [1.807, 2.05) is 13.1 Å². The minimum atomic E-state index is 0.262. The van der Waals surface area contributed by atoms with Crippen molar-refractivity contribution in [3.8, 4) is 0 Å². The second kappa shape index (κ2) is 3.52. The first-order valence-electron chi connectivity index (χ1n) is 3.71. The van der Waals surface area contributed by atoms with Crippen LogP contribution in [0.25, 0.3) is 0 Å². The highest BCUT2D eigenvalue weighted by molar-refractivity contribution is 5.89. The fourth-order valence-corrected chi connectivity index (χ4v) is 1.14. The molecule has 0 aliphatic heterocycles. The van der Waals surface area contributed by atoms with Crippen LogP contribution in [-0.4, -0.2) is 18.9 Å². The second-order valence-electron chi connectivity index (χ2n) is 2.61. The van der Waals surface area contributed by atoms with Crippen LogP contribution in [-0.2, 0) is 4.79 Å². The molecule has 1 atom stereocenters. The Kier molecular flexibility index (Phi) is 2.63. The van der Waals surface area contributed by atoms with Crippen LogP contribution in [0.15, 0.2) is 12.2 Å². The summed E-state index contributed by atoms with van der Waals surface area (Å²) in [5, 5.41) is 3.13. The van der Waals surface area contributed by atoms with E-state index in [4.69, 9.17) is 0 Å². The maximum absolute atomic E-state index is 10.8. The molecule has 10 heavy (non-hydrogen) atoms. The van der Waals surface area contributed by atoms with Gasteiger partial charge >= 0.3 is 0 Å². The lowest BCUT2D eigenvalue weighted by Crippen LogP contribution is -2.21. The number of hydrogen-bond acceptors (Lipinski definition) is 2. The van der Waals surface area contributed by atoms with Crippen molar-refractivity contribution in [2.45, 2.75) is 25.3 Å². The van der Waals surface area contributed by atoms with Gasteiger partial charge in [-0.2, -0.15) is 0 Å². The van der Waals surface area contributed by atoms with Crippen molar-refractivity contribution in [3.05, 3.63) is 12.2 Å². The van der Waals surface area contributed by atoms with E-state index in [1.54, 1.807) is 6.08 Å². The molecule has 0 aromatic rings. The van der Waals surface area contributed by atoms with Crippen LogP contribution in [0.3, 0.4) is 0 Å². The highest BCUT2D eigenvalue weighted by Crippen LogP contribution is 2.07. The van der Waals surface area contributed by atoms with Crippen molar-refractivity contribution >= 4 is 5.78 Å². The van der Waals surface area contributed by atoms with E-state index in [1.165, 1.54) is 0 Å². The number of carbonyl (C=O) groups excluding carboxylic acids is 1. The molecule has 1 N–H and O–H groups in total. The lowest BCUT2D eigenvalue weighted by Gasteiger charge is -2.06. The molecule has 0 bridgehead atoms. The quantitative estimate of drug-likeness (QED) is 0.584. The molecule has 0 spiro atoms. The minimum Gasteiger partial charge on any atom is -0.314 e. The number of ketones is 1. The van der Waals surface area contributed by atoms with Crippen LogP contribution in [0.1, 0.15) is 19.3 Å². The predicted molar refractivity (Wildman–Crippen MR) is 40.8 cm³/mol. The summed E-state index contributed by atoms with van der Waals surface area (Å²) in [7, 11) is 1.92. The van der Waals surface area contributed by atoms with E-state index in [0.29, 0.717) is 12.5 Å². The third kappa shape index (κ3) is 1.95. The molecule has 0 aromatic heterocycles. The fraction of sp³-hybridized carbons (Fsp3) is 0.625. The number of hydrogen-bond donors (Lipinski definition) is 1. The van der Waals surface area contributed by atoms with Crippen molar-refractivity contribution in [3.63, 3.8) is 0 Å². The number of allylic oxidation sites excluding steroid dienone is 1. The Bertz CT molecular complexity index is 151. The molecule has 0 heterocycles. The first-order valence-corrected chi connectivity index (χ1v) is 3.71. The highest BCUT2D eigenvalue weighted by atomic mass is 16.1. The summed E-state index contributed by atoms with van der Waals surface area (Å²) < 4.78 is 0. The van der Waals surface area contributed by atoms with Crippen LogP contribution in [0.4, 0.5) is 0 Å². The molecular formula is C8H13NO. The normalized spacial score (nSPS) is 26.5. The molecule has 0 radical (unpaired) electrons. The van der Waals surface area contributed by atoms with Gasteiger partial charge < -0.3 is 5.32 Å². The van der Waals surface area contributed by atoms with E-state index in [0.717, 1.165) is 12.8 Å². The third-order valence-corrected chi connectivity index (χ3v) is 1.82. The summed E-state index contributed by atoms with van der Waals surface area (Å²) in [6, 6.07) is 0.409. The van der Waals surface area contributed by atoms with Crippen molar-refractivity contribution in [1.82, 2.24) is 5.32 Å². The van der Waals surface area contributed by atoms with E-state index in [9.17, 15) is 4.79 Å². The van der Waals surface area contributed by atoms with Gasteiger partial charge in [0.1, 0.15) is 0 Å². The maximum atomic E-state index is 10.8. The Labute approximate surface area is 61.3 Å². The zero-order valence-corrected chi connectivity index (χ0v) is 6.26. The van der Waals surface area contributed by atoms with Crippen molar-refractivity contribution < 1.29 is 4.79 Å². The molecular weight excluding hydrogens is 126 g/mol. The Balaban J connectivity index is 2.50. The molecule has 0 amide bonds. The Morgan fingerprint density at radius 2 is 2.50 bits per heavy atom. The summed E-state index contributed by atoms with van der Waals surface area (Å²) in [4.78, 5) is 10.8. The summed E-state index contributed by atoms with van der Waals surface area (Å²) in [6.45, 7) is 0. The summed E-state index contributed by atoms with van der Waals surface area (Å²) >= 11 is 0. The second-order valence-corrected chi connectivity index (χ2v) is 2.61. The van der Waals surface area contributed by atoms with Gasteiger partial charge in [0.05, 0.1) is 0 Å². The molecule has 56 valence electrons. The molecule has 0 saturated heterocycles. The first-order chi connectivity index (χ1) is 4.83. The smallest absolute Gasteiger partial charge is 0.155 e. The van der Waals surface area contributed by atoms with Gasteiger partial charge in [0.2, 0.25) is 0 Å². The minimum absolute atomic E-state index is 0.262. The van der Waals surface area contributed by atoms with E-state index in [2.05, 4.69) is 5.32 Å². The molecule has 1 aliphatic carbocycles. The predicted octanol–water partition coefficient (Wildman–Crippen LogP) is 0.884. The summed E-state index contributed by atoms with van der Waals surface area (Å²) in [5.74, 6) is 0.262. The van der Waals surface area contributed by atoms with Crippen LogP contribution in [0.5, 0.6) is 0 Å². The average Bonchev–Trinajstić information content (AvgIpc) is 2.14. The van der Waals surface area contributed by atoms with E-state index in [-0.39, 0.29) is 5.78 Å². The van der Waals surface area contributed by atoms with Crippen LogP contribution >= 0.6 is 0 Å². The number of carbonyl (C=O) groups is 1. The number of rotatable bonds is 1. The molecule has 1 unspecified atom stereocenters. The molecule has 0 fully saturated rings. The van der Waals surface area contributed by atoms with Crippen LogP contribution in [0.2, 0.25) is 0 Å². The molecule has 1 rings (SSSR count). The summed E-state index contributed by atoms with van der Waals surface area (Å²) in [6.07, 6.45) is 6.45. The van der Waals surface area contributed by atoms with Crippen molar-refractivity contribution in [2.75, 3.05) is 7.05 Å². The van der Waals surface area contributed by atoms with Gasteiger partial charge in [-0.25, -0.2) is 0 Å². The first kappa shape index (κ1) is 7.48. The van der Waals surface area contributed by atoms with Gasteiger partial charge in [0.25, 0.3) is 0 Å². The van der Waals surface area contributed by atoms with Crippen molar-refractivity contribution in [2.24, 2.45) is 0 Å². The highest BCUT2D eigenvalue weighted by Gasteiger charge is 2.07. The molecule has 0 aromatic carbocycles. The standard InChI is InChI=1S/C8H13NO/c1-9-7-3-2-4-8(10)6-5-7/h5-7,9H,2-4H2,1H3. The van der Waals surface area contributed by atoms with Gasteiger partial charge in [-0.3, -0.25) is 4.79 Å².